The molecule has 0 amide bonds. The van der Waals surface area contributed by atoms with Crippen LogP contribution in [0.15, 0.2) is 51.3 Å². The van der Waals surface area contributed by atoms with Crippen molar-refractivity contribution in [2.75, 3.05) is 0 Å². The molecule has 0 saturated carbocycles. The second-order valence-electron chi connectivity index (χ2n) is 3.81. The van der Waals surface area contributed by atoms with E-state index in [-0.39, 0.29) is 16.3 Å². The lowest BCUT2D eigenvalue weighted by Gasteiger charge is -2.07. The van der Waals surface area contributed by atoms with E-state index in [4.69, 9.17) is 22.5 Å². The fourth-order valence-corrected chi connectivity index (χ4v) is 2.43. The standard InChI is InChI=1S/C13H9ClF2N2OS/c14-8-1-3-9(4-2-8)20-12-10(15)5-7(6-11(12)16)13(17)18-19/h1-6,19H,(H2,17,18). The molecule has 104 valence electrons. The van der Waals surface area contributed by atoms with Crippen molar-refractivity contribution < 1.29 is 14.0 Å². The van der Waals surface area contributed by atoms with E-state index in [1.54, 1.807) is 24.3 Å². The van der Waals surface area contributed by atoms with Crippen molar-refractivity contribution in [3.63, 3.8) is 0 Å². The predicted octanol–water partition coefficient (Wildman–Crippen LogP) is 3.86. The number of hydrogen-bond acceptors (Lipinski definition) is 3. The van der Waals surface area contributed by atoms with Crippen LogP contribution in [0.25, 0.3) is 0 Å². The monoisotopic (exact) mass is 314 g/mol. The van der Waals surface area contributed by atoms with Crippen LogP contribution in [0.5, 0.6) is 0 Å². The zero-order chi connectivity index (χ0) is 14.7. The summed E-state index contributed by atoms with van der Waals surface area (Å²) in [6.07, 6.45) is 0. The number of nitrogens with two attached hydrogens (primary N) is 1. The summed E-state index contributed by atoms with van der Waals surface area (Å²) in [5.41, 5.74) is 5.27. The lowest BCUT2D eigenvalue weighted by molar-refractivity contribution is 0.318. The lowest BCUT2D eigenvalue weighted by atomic mass is 10.2. The summed E-state index contributed by atoms with van der Waals surface area (Å²) in [6.45, 7) is 0. The van der Waals surface area contributed by atoms with E-state index in [1.165, 1.54) is 0 Å². The number of oxime groups is 1. The van der Waals surface area contributed by atoms with Gasteiger partial charge >= 0.3 is 0 Å². The zero-order valence-corrected chi connectivity index (χ0v) is 11.6. The SMILES string of the molecule is N/C(=N/O)c1cc(F)c(Sc2ccc(Cl)cc2)c(F)c1. The normalized spacial score (nSPS) is 11.7. The minimum absolute atomic E-state index is 0.0250. The van der Waals surface area contributed by atoms with Gasteiger partial charge in [-0.3, -0.25) is 0 Å². The first-order valence-electron chi connectivity index (χ1n) is 5.41. The van der Waals surface area contributed by atoms with Gasteiger partial charge in [0.1, 0.15) is 11.6 Å². The van der Waals surface area contributed by atoms with Crippen LogP contribution < -0.4 is 5.73 Å². The molecule has 2 aromatic carbocycles. The zero-order valence-electron chi connectivity index (χ0n) is 9.98. The Hall–Kier alpha value is -1.79. The van der Waals surface area contributed by atoms with Crippen LogP contribution >= 0.6 is 23.4 Å². The van der Waals surface area contributed by atoms with Gasteiger partial charge in [-0.2, -0.15) is 0 Å². The Morgan fingerprint density at radius 2 is 1.70 bits per heavy atom. The van der Waals surface area contributed by atoms with Gasteiger partial charge in [0, 0.05) is 15.5 Å². The Bertz CT molecular complexity index is 639. The third-order valence-corrected chi connectivity index (χ3v) is 3.79. The minimum Gasteiger partial charge on any atom is -0.409 e. The molecule has 3 N–H and O–H groups in total. The summed E-state index contributed by atoms with van der Waals surface area (Å²) in [5.74, 6) is -1.93. The number of benzene rings is 2. The first-order valence-corrected chi connectivity index (χ1v) is 6.61. The molecule has 0 bridgehead atoms. The average molecular weight is 315 g/mol. The van der Waals surface area contributed by atoms with E-state index in [9.17, 15) is 8.78 Å². The molecule has 0 atom stereocenters. The second-order valence-corrected chi connectivity index (χ2v) is 5.33. The fraction of sp³-hybridized carbons (Fsp3) is 0. The summed E-state index contributed by atoms with van der Waals surface area (Å²) in [5, 5.41) is 11.7. The third-order valence-electron chi connectivity index (χ3n) is 2.44. The number of amidine groups is 1. The van der Waals surface area contributed by atoms with Crippen molar-refractivity contribution >= 4 is 29.2 Å². The Morgan fingerprint density at radius 3 is 2.20 bits per heavy atom. The van der Waals surface area contributed by atoms with Crippen LogP contribution in [0.2, 0.25) is 5.02 Å². The lowest BCUT2D eigenvalue weighted by Crippen LogP contribution is -2.14. The highest BCUT2D eigenvalue weighted by molar-refractivity contribution is 7.99. The average Bonchev–Trinajstić information content (AvgIpc) is 2.43. The molecule has 20 heavy (non-hydrogen) atoms. The van der Waals surface area contributed by atoms with Crippen molar-refractivity contribution in [1.82, 2.24) is 0 Å². The van der Waals surface area contributed by atoms with Crippen molar-refractivity contribution in [2.24, 2.45) is 10.9 Å². The van der Waals surface area contributed by atoms with Crippen LogP contribution in [0, 0.1) is 11.6 Å². The first-order chi connectivity index (χ1) is 9.51. The third kappa shape index (κ3) is 3.20. The molecule has 0 fully saturated rings. The summed E-state index contributed by atoms with van der Waals surface area (Å²) in [7, 11) is 0. The van der Waals surface area contributed by atoms with E-state index >= 15 is 0 Å². The van der Waals surface area contributed by atoms with Crippen molar-refractivity contribution in [3.05, 3.63) is 58.6 Å². The van der Waals surface area contributed by atoms with Gasteiger partial charge in [-0.05, 0) is 36.4 Å². The van der Waals surface area contributed by atoms with Gasteiger partial charge in [0.05, 0.1) is 4.90 Å². The van der Waals surface area contributed by atoms with E-state index in [0.717, 1.165) is 23.9 Å². The van der Waals surface area contributed by atoms with Gasteiger partial charge in [0.15, 0.2) is 5.84 Å². The topological polar surface area (TPSA) is 58.6 Å². The summed E-state index contributed by atoms with van der Waals surface area (Å²) in [6, 6.07) is 8.59. The molecule has 0 spiro atoms. The summed E-state index contributed by atoms with van der Waals surface area (Å²) >= 11 is 6.67. The minimum atomic E-state index is -0.786. The van der Waals surface area contributed by atoms with Gasteiger partial charge in [0.2, 0.25) is 0 Å². The molecular weight excluding hydrogens is 306 g/mol. The number of rotatable bonds is 3. The van der Waals surface area contributed by atoms with Crippen LogP contribution in [-0.4, -0.2) is 11.0 Å². The van der Waals surface area contributed by atoms with Crippen LogP contribution in [-0.2, 0) is 0 Å². The summed E-state index contributed by atoms with van der Waals surface area (Å²) in [4.78, 5) is 0.477. The fourth-order valence-electron chi connectivity index (χ4n) is 1.48. The number of hydrogen-bond donors (Lipinski definition) is 2. The highest BCUT2D eigenvalue weighted by Crippen LogP contribution is 2.33. The molecule has 0 aliphatic heterocycles. The molecule has 2 rings (SSSR count). The molecule has 7 heteroatoms. The van der Waals surface area contributed by atoms with Crippen molar-refractivity contribution in [2.45, 2.75) is 9.79 Å². The summed E-state index contributed by atoms with van der Waals surface area (Å²) < 4.78 is 27.8. The maximum absolute atomic E-state index is 13.9. The van der Waals surface area contributed by atoms with Crippen LogP contribution in [0.1, 0.15) is 5.56 Å². The number of nitrogens with zero attached hydrogens (tertiary/aromatic N) is 1. The van der Waals surface area contributed by atoms with Crippen LogP contribution in [0.3, 0.4) is 0 Å². The smallest absolute Gasteiger partial charge is 0.170 e. The highest BCUT2D eigenvalue weighted by atomic mass is 35.5. The quantitative estimate of drug-likeness (QED) is 0.391. The van der Waals surface area contributed by atoms with Crippen LogP contribution in [0.4, 0.5) is 8.78 Å². The molecule has 0 aromatic heterocycles. The molecular formula is C13H9ClF2N2OS. The van der Waals surface area contributed by atoms with Gasteiger partial charge in [-0.1, -0.05) is 28.5 Å². The molecule has 0 unspecified atom stereocenters. The molecule has 0 saturated heterocycles. The van der Waals surface area contributed by atoms with E-state index in [0.29, 0.717) is 9.92 Å². The second kappa shape index (κ2) is 6.11. The number of halogens is 3. The highest BCUT2D eigenvalue weighted by Gasteiger charge is 2.14. The molecule has 3 nitrogen and oxygen atoms in total. The largest absolute Gasteiger partial charge is 0.409 e. The predicted molar refractivity (Wildman–Crippen MR) is 74.4 cm³/mol. The molecule has 0 aliphatic rings. The van der Waals surface area contributed by atoms with E-state index in [1.807, 2.05) is 0 Å². The maximum atomic E-state index is 13.9. The van der Waals surface area contributed by atoms with Gasteiger partial charge in [-0.25, -0.2) is 8.78 Å². The van der Waals surface area contributed by atoms with Crippen molar-refractivity contribution in [3.8, 4) is 0 Å². The van der Waals surface area contributed by atoms with E-state index in [2.05, 4.69) is 5.16 Å². The van der Waals surface area contributed by atoms with Gasteiger partial charge in [-0.15, -0.1) is 0 Å². The Balaban J connectivity index is 2.35. The first kappa shape index (κ1) is 14.6. The van der Waals surface area contributed by atoms with E-state index < -0.39 is 11.6 Å². The molecule has 2 aromatic rings. The van der Waals surface area contributed by atoms with Crippen molar-refractivity contribution in [1.29, 1.82) is 0 Å². The van der Waals surface area contributed by atoms with Gasteiger partial charge in [0.25, 0.3) is 0 Å². The molecule has 0 radical (unpaired) electrons. The van der Waals surface area contributed by atoms with Gasteiger partial charge < -0.3 is 10.9 Å². The molecule has 0 aliphatic carbocycles. The molecule has 0 heterocycles. The Kier molecular flexibility index (Phi) is 4.46. The maximum Gasteiger partial charge on any atom is 0.170 e. The Labute approximate surface area is 123 Å². The Morgan fingerprint density at radius 1 is 1.15 bits per heavy atom.